The van der Waals surface area contributed by atoms with Crippen molar-refractivity contribution in [3.8, 4) is 39.1 Å². The summed E-state index contributed by atoms with van der Waals surface area (Å²) in [6.45, 7) is 0. The molecule has 12 rings (SSSR count). The molecule has 50 heavy (non-hydrogen) atoms. The Morgan fingerprint density at radius 1 is 0.320 bits per heavy atom. The molecule has 9 aromatic carbocycles. The van der Waals surface area contributed by atoms with Crippen LogP contribution in [0.2, 0.25) is 0 Å². The number of aromatic nitrogens is 1. The standard InChI is InChI=1S/C48H27NO/c1-2-14-30-29(13-1)34-20-11-21-35-32(24-25-37(30)44(34)35)31-26-27-42(33-15-4-3-12-28(31)33)49-41-22-9-7-18-39(41)46-47(49)38-17-6-5-16-36(38)45-40-19-8-10-23-43(40)50-48(45)46/h1-27H. The van der Waals surface area contributed by atoms with Gasteiger partial charge in [0.2, 0.25) is 0 Å². The fraction of sp³-hybridized carbons (Fsp3) is 0. The van der Waals surface area contributed by atoms with E-state index in [0.717, 1.165) is 27.6 Å². The Labute approximate surface area is 287 Å². The molecule has 1 aliphatic carbocycles. The van der Waals surface area contributed by atoms with Gasteiger partial charge in [0.25, 0.3) is 0 Å². The summed E-state index contributed by atoms with van der Waals surface area (Å²) in [4.78, 5) is 0. The molecule has 0 bridgehead atoms. The maximum Gasteiger partial charge on any atom is 0.146 e. The van der Waals surface area contributed by atoms with Gasteiger partial charge in [-0.05, 0) is 73.1 Å². The highest BCUT2D eigenvalue weighted by molar-refractivity contribution is 6.35. The Bertz CT molecular complexity index is 3240. The SMILES string of the molecule is c1ccc2c(c1)-c1cccc3c(-c4ccc(-n5c6ccccc6c6c7oc8ccccc8c7c7ccccc7c65)c5ccccc45)ccc-2c13. The first-order valence-corrected chi connectivity index (χ1v) is 17.3. The molecule has 0 fully saturated rings. The number of nitrogens with zero attached hydrogens (tertiary/aromatic N) is 1. The zero-order chi connectivity index (χ0) is 32.5. The summed E-state index contributed by atoms with van der Waals surface area (Å²) in [6.07, 6.45) is 0. The molecule has 1 aliphatic rings. The molecule has 2 nitrogen and oxygen atoms in total. The number of benzene rings is 9. The minimum atomic E-state index is 0.917. The first-order chi connectivity index (χ1) is 24.8. The molecule has 0 unspecified atom stereocenters. The van der Waals surface area contributed by atoms with Crippen molar-refractivity contribution in [3.63, 3.8) is 0 Å². The van der Waals surface area contributed by atoms with Crippen LogP contribution in [0.15, 0.2) is 168 Å². The largest absolute Gasteiger partial charge is 0.455 e. The summed E-state index contributed by atoms with van der Waals surface area (Å²) in [6, 6.07) is 59.9. The second-order valence-corrected chi connectivity index (χ2v) is 13.5. The number of hydrogen-bond donors (Lipinski definition) is 0. The summed E-state index contributed by atoms with van der Waals surface area (Å²) in [5.74, 6) is 0. The van der Waals surface area contributed by atoms with Crippen LogP contribution >= 0.6 is 0 Å². The van der Waals surface area contributed by atoms with Crippen LogP contribution in [0.5, 0.6) is 0 Å². The second-order valence-electron chi connectivity index (χ2n) is 13.5. The van der Waals surface area contributed by atoms with Crippen LogP contribution in [-0.4, -0.2) is 4.57 Å². The van der Waals surface area contributed by atoms with E-state index in [1.54, 1.807) is 0 Å². The van der Waals surface area contributed by atoms with Crippen molar-refractivity contribution in [2.24, 2.45) is 0 Å². The molecular weight excluding hydrogens is 607 g/mol. The van der Waals surface area contributed by atoms with Gasteiger partial charge in [-0.25, -0.2) is 0 Å². The van der Waals surface area contributed by atoms with E-state index >= 15 is 0 Å². The molecule has 0 saturated heterocycles. The molecule has 0 atom stereocenters. The predicted octanol–water partition coefficient (Wildman–Crippen LogP) is 13.5. The first-order valence-electron chi connectivity index (χ1n) is 17.3. The van der Waals surface area contributed by atoms with Crippen molar-refractivity contribution < 1.29 is 4.42 Å². The zero-order valence-electron chi connectivity index (χ0n) is 26.9. The van der Waals surface area contributed by atoms with E-state index in [2.05, 4.69) is 168 Å². The maximum atomic E-state index is 6.77. The molecule has 11 aromatic rings. The van der Waals surface area contributed by atoms with Crippen LogP contribution in [-0.2, 0) is 0 Å². The summed E-state index contributed by atoms with van der Waals surface area (Å²) < 4.78 is 9.25. The Hall–Kier alpha value is -6.64. The van der Waals surface area contributed by atoms with E-state index in [9.17, 15) is 0 Å². The fourth-order valence-electron chi connectivity index (χ4n) is 9.13. The molecule has 0 N–H and O–H groups in total. The van der Waals surface area contributed by atoms with E-state index in [0.29, 0.717) is 0 Å². The number of rotatable bonds is 2. The van der Waals surface area contributed by atoms with Gasteiger partial charge in [-0.2, -0.15) is 0 Å². The third-order valence-electron chi connectivity index (χ3n) is 11.1. The Kier molecular flexibility index (Phi) is 5.00. The van der Waals surface area contributed by atoms with Crippen LogP contribution < -0.4 is 0 Å². The summed E-state index contributed by atoms with van der Waals surface area (Å²) in [7, 11) is 0. The number of furan rings is 1. The zero-order valence-corrected chi connectivity index (χ0v) is 26.9. The fourth-order valence-corrected chi connectivity index (χ4v) is 9.13. The van der Waals surface area contributed by atoms with Gasteiger partial charge in [0.1, 0.15) is 11.2 Å². The van der Waals surface area contributed by atoms with E-state index in [1.807, 2.05) is 0 Å². The van der Waals surface area contributed by atoms with E-state index in [4.69, 9.17) is 4.42 Å². The van der Waals surface area contributed by atoms with Gasteiger partial charge in [-0.3, -0.25) is 0 Å². The minimum absolute atomic E-state index is 0.917. The third-order valence-corrected chi connectivity index (χ3v) is 11.1. The molecule has 2 heteroatoms. The van der Waals surface area contributed by atoms with Crippen molar-refractivity contribution in [3.05, 3.63) is 164 Å². The van der Waals surface area contributed by atoms with E-state index < -0.39 is 0 Å². The number of para-hydroxylation sites is 2. The highest BCUT2D eigenvalue weighted by atomic mass is 16.3. The minimum Gasteiger partial charge on any atom is -0.455 e. The van der Waals surface area contributed by atoms with Gasteiger partial charge in [0.05, 0.1) is 22.1 Å². The molecule has 0 spiro atoms. The molecule has 0 radical (unpaired) electrons. The van der Waals surface area contributed by atoms with Gasteiger partial charge in [0, 0.05) is 26.9 Å². The highest BCUT2D eigenvalue weighted by Crippen LogP contribution is 2.51. The quantitative estimate of drug-likeness (QED) is 0.185. The molecule has 0 saturated carbocycles. The van der Waals surface area contributed by atoms with Crippen molar-refractivity contribution >= 4 is 76.1 Å². The van der Waals surface area contributed by atoms with E-state index in [-0.39, 0.29) is 0 Å². The molecule has 0 amide bonds. The molecule has 2 heterocycles. The van der Waals surface area contributed by atoms with E-state index in [1.165, 1.54) is 87.5 Å². The van der Waals surface area contributed by atoms with Crippen molar-refractivity contribution in [2.45, 2.75) is 0 Å². The maximum absolute atomic E-state index is 6.77. The topological polar surface area (TPSA) is 18.1 Å². The van der Waals surface area contributed by atoms with Gasteiger partial charge in [-0.15, -0.1) is 0 Å². The van der Waals surface area contributed by atoms with Gasteiger partial charge < -0.3 is 8.98 Å². The molecule has 2 aromatic heterocycles. The van der Waals surface area contributed by atoms with Crippen molar-refractivity contribution in [2.75, 3.05) is 0 Å². The van der Waals surface area contributed by atoms with Crippen LogP contribution in [0.25, 0.3) is 115 Å². The average molecular weight is 634 g/mol. The normalized spacial score (nSPS) is 12.4. The summed E-state index contributed by atoms with van der Waals surface area (Å²) in [5.41, 5.74) is 13.2. The number of hydrogen-bond acceptors (Lipinski definition) is 1. The second kappa shape index (κ2) is 9.49. The lowest BCUT2D eigenvalue weighted by molar-refractivity contribution is 0.673. The third kappa shape index (κ3) is 3.23. The monoisotopic (exact) mass is 633 g/mol. The van der Waals surface area contributed by atoms with Crippen molar-refractivity contribution in [1.29, 1.82) is 0 Å². The lowest BCUT2D eigenvalue weighted by atomic mass is 9.91. The van der Waals surface area contributed by atoms with Gasteiger partial charge >= 0.3 is 0 Å². The lowest BCUT2D eigenvalue weighted by Gasteiger charge is -2.17. The lowest BCUT2D eigenvalue weighted by Crippen LogP contribution is -1.97. The first kappa shape index (κ1) is 26.3. The van der Waals surface area contributed by atoms with Gasteiger partial charge in [-0.1, -0.05) is 146 Å². The van der Waals surface area contributed by atoms with Crippen LogP contribution in [0.1, 0.15) is 0 Å². The van der Waals surface area contributed by atoms with Crippen LogP contribution in [0.3, 0.4) is 0 Å². The molecular formula is C48H27NO. The van der Waals surface area contributed by atoms with Crippen LogP contribution in [0.4, 0.5) is 0 Å². The average Bonchev–Trinajstić information content (AvgIpc) is 3.84. The number of fused-ring (bicyclic) bond motifs is 14. The Morgan fingerprint density at radius 2 is 0.880 bits per heavy atom. The molecule has 230 valence electrons. The summed E-state index contributed by atoms with van der Waals surface area (Å²) in [5, 5.41) is 12.2. The highest BCUT2D eigenvalue weighted by Gasteiger charge is 2.25. The summed E-state index contributed by atoms with van der Waals surface area (Å²) >= 11 is 0. The van der Waals surface area contributed by atoms with Crippen molar-refractivity contribution in [1.82, 2.24) is 4.57 Å². The van der Waals surface area contributed by atoms with Crippen LogP contribution in [0, 0.1) is 0 Å². The Balaban J connectivity index is 1.20. The smallest absolute Gasteiger partial charge is 0.146 e. The Morgan fingerprint density at radius 3 is 1.72 bits per heavy atom. The van der Waals surface area contributed by atoms with Gasteiger partial charge in [0.15, 0.2) is 0 Å². The molecule has 0 aliphatic heterocycles. The predicted molar refractivity (Wildman–Crippen MR) is 210 cm³/mol.